The molecule has 0 atom stereocenters. The third kappa shape index (κ3) is 11.6. The Morgan fingerprint density at radius 2 is 1.15 bits per heavy atom. The Morgan fingerprint density at radius 1 is 0.615 bits per heavy atom. The number of hydrogen-bond acceptors (Lipinski definition) is 0. The van der Waals surface area contributed by atoms with E-state index >= 15 is 0 Å². The molecule has 39 heavy (non-hydrogen) atoms. The normalized spacial score (nSPS) is 13.1. The Labute approximate surface area is 246 Å². The van der Waals surface area contributed by atoms with Crippen LogP contribution in [-0.2, 0) is 27.3 Å². The number of aryl methyl sites for hydroxylation is 2. The molecular weight excluding hydrogens is 519 g/mol. The molecule has 0 amide bonds. The zero-order valence-electron chi connectivity index (χ0n) is 25.5. The summed E-state index contributed by atoms with van der Waals surface area (Å²) < 4.78 is 1.46. The van der Waals surface area contributed by atoms with Gasteiger partial charge in [0.25, 0.3) is 0 Å². The number of nitrogens with zero attached hydrogens (tertiary/aromatic N) is 2. The fourth-order valence-corrected chi connectivity index (χ4v) is 5.55. The van der Waals surface area contributed by atoms with Crippen LogP contribution in [0.2, 0.25) is 10.8 Å². The van der Waals surface area contributed by atoms with E-state index in [0.717, 1.165) is 54.6 Å². The van der Waals surface area contributed by atoms with Crippen molar-refractivity contribution >= 4 is 11.4 Å². The molecular formula is C36H54N2Ni. The molecule has 0 unspecified atom stereocenters. The van der Waals surface area contributed by atoms with Crippen LogP contribution in [0.15, 0.2) is 60.2 Å². The van der Waals surface area contributed by atoms with Crippen molar-refractivity contribution in [1.29, 1.82) is 0 Å². The van der Waals surface area contributed by atoms with Gasteiger partial charge in [-0.2, -0.15) is 0 Å². The van der Waals surface area contributed by atoms with Crippen LogP contribution in [0.3, 0.4) is 0 Å². The van der Waals surface area contributed by atoms with Crippen LogP contribution in [-0.4, -0.2) is 4.70 Å². The molecule has 3 heteroatoms. The third-order valence-electron chi connectivity index (χ3n) is 7.23. The van der Waals surface area contributed by atoms with Gasteiger partial charge in [0.05, 0.1) is 0 Å². The van der Waals surface area contributed by atoms with E-state index in [2.05, 4.69) is 89.2 Å². The molecule has 218 valence electrons. The van der Waals surface area contributed by atoms with Gasteiger partial charge < -0.3 is 5.53 Å². The van der Waals surface area contributed by atoms with Crippen LogP contribution in [0.1, 0.15) is 128 Å². The van der Waals surface area contributed by atoms with Crippen LogP contribution in [0.25, 0.3) is 16.9 Å². The molecule has 0 fully saturated rings. The van der Waals surface area contributed by atoms with Crippen LogP contribution < -0.4 is 0 Å². The summed E-state index contributed by atoms with van der Waals surface area (Å²) in [6.07, 6.45) is 17.9. The van der Waals surface area contributed by atoms with Crippen LogP contribution in [0.5, 0.6) is 0 Å². The van der Waals surface area contributed by atoms with Gasteiger partial charge in [-0.05, 0) is 73.9 Å². The minimum absolute atomic E-state index is 0.907. The van der Waals surface area contributed by atoms with E-state index in [1.54, 1.807) is 0 Å². The summed E-state index contributed by atoms with van der Waals surface area (Å²) in [6.45, 7) is 11.1. The van der Waals surface area contributed by atoms with Gasteiger partial charge in [-0.3, -0.25) is 0 Å². The molecule has 0 bridgehead atoms. The van der Waals surface area contributed by atoms with Crippen molar-refractivity contribution in [1.82, 2.24) is 0 Å². The summed E-state index contributed by atoms with van der Waals surface area (Å²) in [4.78, 5) is 0. The molecule has 2 nitrogen and oxygen atoms in total. The monoisotopic (exact) mass is 572 g/mol. The van der Waals surface area contributed by atoms with E-state index < -0.39 is 0 Å². The maximum atomic E-state index is 11.4. The fourth-order valence-electron chi connectivity index (χ4n) is 5.05. The summed E-state index contributed by atoms with van der Waals surface area (Å²) in [5.74, 6) is 0. The number of hydrogen-bond donors (Lipinski definition) is 0. The minimum atomic E-state index is 0.907. The Bertz CT molecular complexity index is 1050. The van der Waals surface area contributed by atoms with E-state index in [-0.39, 0.29) is 0 Å². The van der Waals surface area contributed by atoms with Gasteiger partial charge >= 0.3 is 39.1 Å². The van der Waals surface area contributed by atoms with Crippen LogP contribution in [0.4, 0.5) is 0 Å². The SMILES string of the molecule is CCCCCCc1cccc(C2=CC(CCCC)=C(c3cccc(CCCCCC)c3)[N+]2=[N-])c1.C[CH2][Ni][CH2]C. The first kappa shape index (κ1) is 33.2. The summed E-state index contributed by atoms with van der Waals surface area (Å²) in [7, 11) is 0. The molecule has 0 N–H and O–H groups in total. The van der Waals surface area contributed by atoms with Gasteiger partial charge in [-0.1, -0.05) is 90.0 Å². The van der Waals surface area contributed by atoms with Gasteiger partial charge in [0.2, 0.25) is 11.4 Å². The predicted octanol–water partition coefficient (Wildman–Crippen LogP) is 11.9. The standard InChI is InChI=1S/C32H44N2.2C2H5.Ni/c1-4-7-10-12-16-26-18-14-21-28(23-26)31-25-30(20-9-6-3)32(34(31)33)29-22-15-19-27(24-29)17-13-11-8-5-2;2*1-2;/h14-15,18-19,21-25H,4-13,16-17,20H2,1-3H3;2*1H2,2H3;. The van der Waals surface area contributed by atoms with Gasteiger partial charge in [0.1, 0.15) is 0 Å². The number of rotatable bonds is 17. The molecule has 3 rings (SSSR count). The summed E-state index contributed by atoms with van der Waals surface area (Å²) in [5, 5.41) is 2.56. The van der Waals surface area contributed by atoms with Crippen LogP contribution >= 0.6 is 0 Å². The van der Waals surface area contributed by atoms with Crippen molar-refractivity contribution in [3.05, 3.63) is 88.0 Å². The fraction of sp³-hybridized carbons (Fsp3) is 0.556. The van der Waals surface area contributed by atoms with Gasteiger partial charge in [-0.15, -0.1) is 0 Å². The Balaban J connectivity index is 0.000000976. The Kier molecular flexibility index (Phi) is 17.0. The summed E-state index contributed by atoms with van der Waals surface area (Å²) in [5.41, 5.74) is 19.5. The molecule has 0 aromatic heterocycles. The van der Waals surface area contributed by atoms with E-state index in [1.807, 2.05) is 14.4 Å². The zero-order valence-corrected chi connectivity index (χ0v) is 26.5. The van der Waals surface area contributed by atoms with Crippen molar-refractivity contribution < 1.29 is 19.1 Å². The van der Waals surface area contributed by atoms with Crippen molar-refractivity contribution in [3.63, 3.8) is 0 Å². The van der Waals surface area contributed by atoms with E-state index in [1.165, 1.54) is 83.5 Å². The third-order valence-corrected chi connectivity index (χ3v) is 8.22. The first-order valence-corrected chi connectivity index (χ1v) is 17.1. The van der Waals surface area contributed by atoms with E-state index in [9.17, 15) is 5.53 Å². The molecule has 1 aliphatic heterocycles. The first-order chi connectivity index (χ1) is 19.1. The number of benzene rings is 2. The van der Waals surface area contributed by atoms with Crippen LogP contribution in [0, 0.1) is 0 Å². The quantitative estimate of drug-likeness (QED) is 0.102. The predicted molar refractivity (Wildman–Crippen MR) is 168 cm³/mol. The van der Waals surface area contributed by atoms with E-state index in [4.69, 9.17) is 0 Å². The molecule has 0 saturated carbocycles. The second kappa shape index (κ2) is 20.0. The molecule has 2 aromatic rings. The molecule has 0 radical (unpaired) electrons. The topological polar surface area (TPSA) is 25.3 Å². The molecule has 1 aliphatic rings. The van der Waals surface area contributed by atoms with Crippen molar-refractivity contribution in [3.8, 4) is 0 Å². The van der Waals surface area contributed by atoms with Gasteiger partial charge in [0.15, 0.2) is 0 Å². The zero-order chi connectivity index (χ0) is 28.3. The Morgan fingerprint density at radius 3 is 1.67 bits per heavy atom. The average Bonchev–Trinajstić information content (AvgIpc) is 3.29. The van der Waals surface area contributed by atoms with Gasteiger partial charge in [0, 0.05) is 22.8 Å². The van der Waals surface area contributed by atoms with Gasteiger partial charge in [-0.25, -0.2) is 4.70 Å². The second-order valence-corrected chi connectivity index (χ2v) is 12.3. The number of unbranched alkanes of at least 4 members (excludes halogenated alkanes) is 7. The second-order valence-electron chi connectivity index (χ2n) is 10.4. The van der Waals surface area contributed by atoms with Crippen molar-refractivity contribution in [2.75, 3.05) is 0 Å². The molecule has 0 spiro atoms. The van der Waals surface area contributed by atoms with Crippen molar-refractivity contribution in [2.45, 2.75) is 129 Å². The molecule has 0 saturated heterocycles. The van der Waals surface area contributed by atoms with Crippen molar-refractivity contribution in [2.24, 2.45) is 0 Å². The summed E-state index contributed by atoms with van der Waals surface area (Å²) >= 11 is 1.82. The molecule has 0 aliphatic carbocycles. The molecule has 1 heterocycles. The maximum absolute atomic E-state index is 11.4. The summed E-state index contributed by atoms with van der Waals surface area (Å²) in [6, 6.07) is 17.6. The molecule has 2 aromatic carbocycles. The Hall–Kier alpha value is -1.99. The average molecular weight is 574 g/mol. The number of allylic oxidation sites excluding steroid dienone is 2. The first-order valence-electron chi connectivity index (χ1n) is 15.7. The van der Waals surface area contributed by atoms with E-state index in [0.29, 0.717) is 0 Å².